The fraction of sp³-hybridized carbons (Fsp3) is 0.154. The number of allylic oxidation sites excluding steroid dienone is 5. The largest absolute Gasteiger partial charge is 0.130 e. The Morgan fingerprint density at radius 1 is 0.825 bits per heavy atom. The minimum atomic E-state index is 0.757. The fourth-order valence-corrected chi connectivity index (χ4v) is 5.70. The van der Waals surface area contributed by atoms with E-state index >= 15 is 0 Å². The zero-order chi connectivity index (χ0) is 27.6. The molecule has 0 N–H and O–H groups in total. The number of hydrogen-bond acceptors (Lipinski definition) is 1. The third-order valence-corrected chi connectivity index (χ3v) is 8.05. The highest BCUT2D eigenvalue weighted by molar-refractivity contribution is 7.98. The highest BCUT2D eigenvalue weighted by atomic mass is 32.2. The van der Waals surface area contributed by atoms with Gasteiger partial charge < -0.3 is 0 Å². The maximum absolute atomic E-state index is 3.99. The predicted molar refractivity (Wildman–Crippen MR) is 174 cm³/mol. The van der Waals surface area contributed by atoms with Crippen LogP contribution in [-0.2, 0) is 12.8 Å². The highest BCUT2D eigenvalue weighted by Gasteiger charge is 2.20. The second-order valence-corrected chi connectivity index (χ2v) is 10.8. The zero-order valence-electron chi connectivity index (χ0n) is 23.1. The van der Waals surface area contributed by atoms with Crippen LogP contribution in [0.4, 0.5) is 0 Å². The van der Waals surface area contributed by atoms with Crippen LogP contribution in [0.15, 0.2) is 132 Å². The molecule has 0 bridgehead atoms. The summed E-state index contributed by atoms with van der Waals surface area (Å²) in [5.41, 5.74) is 14.4. The van der Waals surface area contributed by atoms with Crippen molar-refractivity contribution >= 4 is 28.5 Å². The van der Waals surface area contributed by atoms with E-state index in [0.717, 1.165) is 48.8 Å². The van der Waals surface area contributed by atoms with Gasteiger partial charge in [0.05, 0.1) is 0 Å². The molecule has 4 aromatic rings. The van der Waals surface area contributed by atoms with Crippen molar-refractivity contribution in [2.45, 2.75) is 37.0 Å². The van der Waals surface area contributed by atoms with Crippen LogP contribution in [0, 0.1) is 11.8 Å². The Balaban J connectivity index is 1.46. The molecule has 0 heterocycles. The van der Waals surface area contributed by atoms with E-state index in [9.17, 15) is 0 Å². The first kappa shape index (κ1) is 27.4. The van der Waals surface area contributed by atoms with E-state index in [1.165, 1.54) is 38.3 Å². The number of rotatable bonds is 8. The SMILES string of the molecule is C=C=C(/C=C\Cc1ccccc1)c1cccc(C2=C(c3cc(SC)ccc3C#CCc3ccccc3)CCC2)c1. The highest BCUT2D eigenvalue weighted by Crippen LogP contribution is 2.42. The summed E-state index contributed by atoms with van der Waals surface area (Å²) in [5.74, 6) is 6.94. The summed E-state index contributed by atoms with van der Waals surface area (Å²) in [4.78, 5) is 1.27. The summed E-state index contributed by atoms with van der Waals surface area (Å²) in [6.07, 6.45) is 11.4. The van der Waals surface area contributed by atoms with E-state index in [1.54, 1.807) is 11.8 Å². The van der Waals surface area contributed by atoms with Gasteiger partial charge in [-0.15, -0.1) is 17.5 Å². The Labute approximate surface area is 243 Å². The van der Waals surface area contributed by atoms with Crippen LogP contribution in [0.1, 0.15) is 52.6 Å². The van der Waals surface area contributed by atoms with Gasteiger partial charge in [0.25, 0.3) is 0 Å². The second-order valence-electron chi connectivity index (χ2n) is 9.95. The molecule has 0 spiro atoms. The fourth-order valence-electron chi connectivity index (χ4n) is 5.26. The van der Waals surface area contributed by atoms with Gasteiger partial charge in [-0.1, -0.05) is 109 Å². The quantitative estimate of drug-likeness (QED) is 0.0938. The summed E-state index contributed by atoms with van der Waals surface area (Å²) in [7, 11) is 0. The molecule has 196 valence electrons. The van der Waals surface area contributed by atoms with Crippen LogP contribution >= 0.6 is 11.8 Å². The lowest BCUT2D eigenvalue weighted by Crippen LogP contribution is -1.93. The summed E-state index contributed by atoms with van der Waals surface area (Å²) >= 11 is 1.79. The number of hydrogen-bond donors (Lipinski definition) is 0. The monoisotopic (exact) mass is 534 g/mol. The smallest absolute Gasteiger partial charge is 0.0344 e. The van der Waals surface area contributed by atoms with Crippen molar-refractivity contribution in [2.24, 2.45) is 0 Å². The Morgan fingerprint density at radius 2 is 1.57 bits per heavy atom. The van der Waals surface area contributed by atoms with Crippen LogP contribution in [-0.4, -0.2) is 6.26 Å². The summed E-state index contributed by atoms with van der Waals surface area (Å²) in [5, 5.41) is 0. The molecule has 40 heavy (non-hydrogen) atoms. The lowest BCUT2D eigenvalue weighted by Gasteiger charge is -2.13. The topological polar surface area (TPSA) is 0 Å². The van der Waals surface area contributed by atoms with E-state index in [4.69, 9.17) is 0 Å². The maximum atomic E-state index is 3.99. The van der Waals surface area contributed by atoms with Crippen LogP contribution in [0.2, 0.25) is 0 Å². The van der Waals surface area contributed by atoms with Gasteiger partial charge in [0.15, 0.2) is 0 Å². The van der Waals surface area contributed by atoms with Crippen molar-refractivity contribution in [3.8, 4) is 11.8 Å². The average Bonchev–Trinajstić information content (AvgIpc) is 3.51. The van der Waals surface area contributed by atoms with Crippen molar-refractivity contribution in [1.29, 1.82) is 0 Å². The van der Waals surface area contributed by atoms with Crippen molar-refractivity contribution < 1.29 is 0 Å². The van der Waals surface area contributed by atoms with Crippen LogP contribution in [0.3, 0.4) is 0 Å². The summed E-state index contributed by atoms with van der Waals surface area (Å²) < 4.78 is 0. The summed E-state index contributed by atoms with van der Waals surface area (Å²) in [6.45, 7) is 3.99. The molecule has 0 amide bonds. The first-order valence-corrected chi connectivity index (χ1v) is 15.1. The van der Waals surface area contributed by atoms with Gasteiger partial charge >= 0.3 is 0 Å². The minimum absolute atomic E-state index is 0.757. The average molecular weight is 535 g/mol. The van der Waals surface area contributed by atoms with Gasteiger partial charge in [0, 0.05) is 22.5 Å². The van der Waals surface area contributed by atoms with E-state index < -0.39 is 0 Å². The van der Waals surface area contributed by atoms with Gasteiger partial charge in [-0.25, -0.2) is 0 Å². The molecule has 0 aliphatic heterocycles. The molecular weight excluding hydrogens is 500 g/mol. The normalized spacial score (nSPS) is 12.7. The zero-order valence-corrected chi connectivity index (χ0v) is 23.9. The molecule has 0 nitrogen and oxygen atoms in total. The Bertz CT molecular complexity index is 1640. The maximum Gasteiger partial charge on any atom is 0.0344 e. The van der Waals surface area contributed by atoms with Crippen molar-refractivity contribution in [1.82, 2.24) is 0 Å². The molecule has 1 aliphatic rings. The third kappa shape index (κ3) is 6.86. The molecular formula is C39H34S. The number of benzene rings is 4. The lowest BCUT2D eigenvalue weighted by atomic mass is 9.92. The molecule has 0 aromatic heterocycles. The van der Waals surface area contributed by atoms with Crippen molar-refractivity contribution in [2.75, 3.05) is 6.26 Å². The van der Waals surface area contributed by atoms with E-state index in [2.05, 4.69) is 140 Å². The molecule has 0 unspecified atom stereocenters. The third-order valence-electron chi connectivity index (χ3n) is 7.32. The first-order chi connectivity index (χ1) is 19.7. The van der Waals surface area contributed by atoms with E-state index in [0.29, 0.717) is 0 Å². The van der Waals surface area contributed by atoms with Gasteiger partial charge in [0.2, 0.25) is 0 Å². The van der Waals surface area contributed by atoms with Gasteiger partial charge in [-0.2, -0.15) is 0 Å². The Kier molecular flexibility index (Phi) is 9.39. The van der Waals surface area contributed by atoms with Crippen LogP contribution in [0.5, 0.6) is 0 Å². The van der Waals surface area contributed by atoms with E-state index in [1.807, 2.05) is 6.07 Å². The molecule has 0 radical (unpaired) electrons. The second kappa shape index (κ2) is 13.7. The van der Waals surface area contributed by atoms with Crippen LogP contribution < -0.4 is 0 Å². The first-order valence-electron chi connectivity index (χ1n) is 13.9. The van der Waals surface area contributed by atoms with Crippen LogP contribution in [0.25, 0.3) is 16.7 Å². The minimum Gasteiger partial charge on any atom is -0.130 e. The van der Waals surface area contributed by atoms with Crippen molar-refractivity contribution in [3.05, 3.63) is 161 Å². The molecule has 0 saturated carbocycles. The Hall–Kier alpha value is -4.21. The summed E-state index contributed by atoms with van der Waals surface area (Å²) in [6, 6.07) is 36.6. The molecule has 4 aromatic carbocycles. The molecule has 0 fully saturated rings. The molecule has 1 aliphatic carbocycles. The van der Waals surface area contributed by atoms with Gasteiger partial charge in [-0.05, 0) is 95.2 Å². The number of thioether (sulfide) groups is 1. The standard InChI is InChI=1S/C39H34S/c1-3-32(20-10-18-30-14-6-4-7-15-30)34-22-12-23-35(28-34)37-24-13-25-38(37)39-29-36(40-2)27-26-33(39)21-11-19-31-16-8-5-9-17-31/h4-10,12,14-17,20,22-23,26-29H,1,13,18-19,24-25H2,2H3/b20-10-. The molecule has 5 rings (SSSR count). The van der Waals surface area contributed by atoms with E-state index in [-0.39, 0.29) is 0 Å². The predicted octanol–water partition coefficient (Wildman–Crippen LogP) is 10.1. The van der Waals surface area contributed by atoms with Gasteiger partial charge in [-0.3, -0.25) is 0 Å². The Morgan fingerprint density at radius 3 is 2.33 bits per heavy atom. The van der Waals surface area contributed by atoms with Crippen molar-refractivity contribution in [3.63, 3.8) is 0 Å². The molecule has 0 atom stereocenters. The molecule has 0 saturated heterocycles. The lowest BCUT2D eigenvalue weighted by molar-refractivity contribution is 0.941. The van der Waals surface area contributed by atoms with Gasteiger partial charge in [0.1, 0.15) is 0 Å². The molecule has 1 heteroatoms.